The number of rotatable bonds is 5. The number of carbonyl (C=O) groups is 2. The smallest absolute Gasteiger partial charge is 0.273 e. The molecule has 0 bridgehead atoms. The summed E-state index contributed by atoms with van der Waals surface area (Å²) in [4.78, 5) is 29.5. The Morgan fingerprint density at radius 1 is 1.19 bits per heavy atom. The molecule has 2 fully saturated rings. The molecule has 2 atom stereocenters. The first-order valence-corrected chi connectivity index (χ1v) is 10.5. The van der Waals surface area contributed by atoms with Crippen molar-refractivity contribution in [2.45, 2.75) is 37.8 Å². The Bertz CT molecular complexity index is 973. The van der Waals surface area contributed by atoms with Gasteiger partial charge in [0.15, 0.2) is 11.5 Å². The van der Waals surface area contributed by atoms with E-state index in [1.165, 1.54) is 18.6 Å². The van der Waals surface area contributed by atoms with E-state index in [2.05, 4.69) is 15.4 Å². The lowest BCUT2D eigenvalue weighted by Crippen LogP contribution is -2.58. The highest BCUT2D eigenvalue weighted by atomic mass is 19.1. The van der Waals surface area contributed by atoms with Crippen molar-refractivity contribution in [3.05, 3.63) is 41.6 Å². The van der Waals surface area contributed by atoms with Crippen LogP contribution in [0.4, 0.5) is 8.78 Å². The number of carbonyl (C=O) groups excluding carboxylic acids is 2. The van der Waals surface area contributed by atoms with Crippen LogP contribution in [0.5, 0.6) is 0 Å². The number of piperidine rings is 1. The average molecular weight is 432 g/mol. The van der Waals surface area contributed by atoms with Gasteiger partial charge in [-0.3, -0.25) is 14.5 Å². The Morgan fingerprint density at radius 2 is 1.97 bits per heavy atom. The highest BCUT2D eigenvalue weighted by molar-refractivity contribution is 5.94. The summed E-state index contributed by atoms with van der Waals surface area (Å²) in [5.74, 6) is -2.34. The second-order valence-electron chi connectivity index (χ2n) is 8.49. The maximum atomic E-state index is 14.0. The Hall–Kier alpha value is -2.81. The minimum atomic E-state index is -0.803. The van der Waals surface area contributed by atoms with Crippen LogP contribution in [-0.4, -0.2) is 66.0 Å². The molecule has 1 aliphatic heterocycles. The predicted molar refractivity (Wildman–Crippen MR) is 109 cm³/mol. The van der Waals surface area contributed by atoms with Crippen LogP contribution in [0.15, 0.2) is 28.8 Å². The number of nitrogens with zero attached hydrogens (tertiary/aromatic N) is 3. The Labute approximate surface area is 179 Å². The lowest BCUT2D eigenvalue weighted by atomic mass is 9.85. The fraction of sp³-hybridized carbons (Fsp3) is 0.500. The van der Waals surface area contributed by atoms with Gasteiger partial charge in [-0.2, -0.15) is 0 Å². The summed E-state index contributed by atoms with van der Waals surface area (Å²) in [6, 6.07) is 4.59. The highest BCUT2D eigenvalue weighted by Crippen LogP contribution is 2.30. The zero-order chi connectivity index (χ0) is 22.1. The van der Waals surface area contributed by atoms with Gasteiger partial charge in [-0.25, -0.2) is 8.78 Å². The van der Waals surface area contributed by atoms with Crippen LogP contribution >= 0.6 is 0 Å². The molecule has 31 heavy (non-hydrogen) atoms. The molecule has 2 heterocycles. The van der Waals surface area contributed by atoms with Gasteiger partial charge < -0.3 is 14.7 Å². The van der Waals surface area contributed by atoms with E-state index in [9.17, 15) is 18.4 Å². The minimum Gasteiger partial charge on any atom is -0.355 e. The molecule has 166 valence electrons. The summed E-state index contributed by atoms with van der Waals surface area (Å²) < 4.78 is 32.2. The average Bonchev–Trinajstić information content (AvgIpc) is 3.17. The molecule has 2 aliphatic rings. The zero-order valence-corrected chi connectivity index (χ0v) is 17.6. The summed E-state index contributed by atoms with van der Waals surface area (Å²) in [5.41, 5.74) is -0.00128. The molecule has 1 saturated carbocycles. The summed E-state index contributed by atoms with van der Waals surface area (Å²) in [7, 11) is 3.43. The van der Waals surface area contributed by atoms with Crippen LogP contribution in [0.2, 0.25) is 0 Å². The van der Waals surface area contributed by atoms with Gasteiger partial charge in [-0.15, -0.1) is 0 Å². The predicted octanol–water partition coefficient (Wildman–Crippen LogP) is 2.68. The first-order chi connectivity index (χ1) is 14.8. The van der Waals surface area contributed by atoms with Crippen molar-refractivity contribution in [1.82, 2.24) is 20.3 Å². The lowest BCUT2D eigenvalue weighted by Gasteiger charge is -2.45. The molecule has 1 aromatic carbocycles. The fourth-order valence-electron chi connectivity index (χ4n) is 4.26. The van der Waals surface area contributed by atoms with Gasteiger partial charge in [-0.05, 0) is 31.4 Å². The van der Waals surface area contributed by atoms with Crippen molar-refractivity contribution in [2.75, 3.05) is 27.2 Å². The van der Waals surface area contributed by atoms with E-state index in [4.69, 9.17) is 4.52 Å². The standard InChI is InChI=1S/C22H26F2N4O3/c1-27(2)22(30)16-12-28(14-4-3-5-14)9-8-18(16)25-21(29)19-11-20(31-26-19)15-7-6-13(23)10-17(15)24/h6-7,10-11,14,16,18H,3-5,8-9,12H2,1-2H3,(H,25,29)/t16-,18-/m0/s1. The van der Waals surface area contributed by atoms with Gasteiger partial charge >= 0.3 is 0 Å². The first kappa shape index (κ1) is 21.4. The van der Waals surface area contributed by atoms with E-state index < -0.39 is 17.5 Å². The molecular formula is C22H26F2N4O3. The molecule has 0 spiro atoms. The van der Waals surface area contributed by atoms with Crippen LogP contribution in [0.3, 0.4) is 0 Å². The maximum absolute atomic E-state index is 14.0. The number of halogens is 2. The molecule has 4 rings (SSSR count). The second kappa shape index (κ2) is 8.74. The van der Waals surface area contributed by atoms with E-state index in [1.54, 1.807) is 19.0 Å². The minimum absolute atomic E-state index is 0.0161. The van der Waals surface area contributed by atoms with Crippen molar-refractivity contribution >= 4 is 11.8 Å². The Morgan fingerprint density at radius 3 is 2.61 bits per heavy atom. The molecule has 2 aromatic rings. The third-order valence-electron chi connectivity index (χ3n) is 6.25. The molecular weight excluding hydrogens is 406 g/mol. The van der Waals surface area contributed by atoms with Crippen LogP contribution in [0.1, 0.15) is 36.2 Å². The van der Waals surface area contributed by atoms with E-state index in [0.29, 0.717) is 19.0 Å². The molecule has 2 amide bonds. The molecule has 1 saturated heterocycles. The zero-order valence-electron chi connectivity index (χ0n) is 17.6. The molecule has 1 N–H and O–H groups in total. The summed E-state index contributed by atoms with van der Waals surface area (Å²) in [5, 5.41) is 6.65. The van der Waals surface area contributed by atoms with Gasteiger partial charge in [0.25, 0.3) is 5.91 Å². The number of hydrogen-bond donors (Lipinski definition) is 1. The van der Waals surface area contributed by atoms with Crippen molar-refractivity contribution < 1.29 is 22.9 Å². The Balaban J connectivity index is 1.47. The molecule has 9 heteroatoms. The van der Waals surface area contributed by atoms with E-state index in [1.807, 2.05) is 0 Å². The van der Waals surface area contributed by atoms with E-state index in [0.717, 1.165) is 31.5 Å². The summed E-state index contributed by atoms with van der Waals surface area (Å²) in [6.45, 7) is 1.43. The monoisotopic (exact) mass is 432 g/mol. The topological polar surface area (TPSA) is 78.7 Å². The molecule has 0 unspecified atom stereocenters. The fourth-order valence-corrected chi connectivity index (χ4v) is 4.26. The maximum Gasteiger partial charge on any atom is 0.273 e. The van der Waals surface area contributed by atoms with Gasteiger partial charge in [0.1, 0.15) is 11.6 Å². The number of benzene rings is 1. The quantitative estimate of drug-likeness (QED) is 0.786. The van der Waals surface area contributed by atoms with Gasteiger partial charge in [0.05, 0.1) is 11.5 Å². The first-order valence-electron chi connectivity index (χ1n) is 10.5. The van der Waals surface area contributed by atoms with Gasteiger partial charge in [0, 0.05) is 51.4 Å². The van der Waals surface area contributed by atoms with Crippen LogP contribution in [0, 0.1) is 17.6 Å². The summed E-state index contributed by atoms with van der Waals surface area (Å²) >= 11 is 0. The van der Waals surface area contributed by atoms with Crippen molar-refractivity contribution in [2.24, 2.45) is 5.92 Å². The van der Waals surface area contributed by atoms with E-state index in [-0.39, 0.29) is 34.9 Å². The molecule has 1 aromatic heterocycles. The van der Waals surface area contributed by atoms with Crippen molar-refractivity contribution in [3.63, 3.8) is 0 Å². The number of hydrogen-bond acceptors (Lipinski definition) is 5. The molecule has 0 radical (unpaired) electrons. The van der Waals surface area contributed by atoms with E-state index >= 15 is 0 Å². The number of nitrogens with one attached hydrogen (secondary N) is 1. The largest absolute Gasteiger partial charge is 0.355 e. The molecule has 7 nitrogen and oxygen atoms in total. The third kappa shape index (κ3) is 4.46. The number of amides is 2. The van der Waals surface area contributed by atoms with Crippen LogP contribution < -0.4 is 5.32 Å². The number of likely N-dealkylation sites (tertiary alicyclic amines) is 1. The SMILES string of the molecule is CN(C)C(=O)[C@H]1CN(C2CCC2)CC[C@@H]1NC(=O)c1cc(-c2ccc(F)cc2F)on1. The summed E-state index contributed by atoms with van der Waals surface area (Å²) in [6.07, 6.45) is 4.18. The molecule has 1 aliphatic carbocycles. The van der Waals surface area contributed by atoms with Crippen LogP contribution in [-0.2, 0) is 4.79 Å². The van der Waals surface area contributed by atoms with Gasteiger partial charge in [0.2, 0.25) is 5.91 Å². The Kier molecular flexibility index (Phi) is 6.04. The second-order valence-corrected chi connectivity index (χ2v) is 8.49. The number of aromatic nitrogens is 1. The van der Waals surface area contributed by atoms with Crippen molar-refractivity contribution in [3.8, 4) is 11.3 Å². The van der Waals surface area contributed by atoms with Crippen molar-refractivity contribution in [1.29, 1.82) is 0 Å². The normalized spacial score (nSPS) is 22.1. The highest BCUT2D eigenvalue weighted by Gasteiger charge is 2.39. The lowest BCUT2D eigenvalue weighted by molar-refractivity contribution is -0.136. The van der Waals surface area contributed by atoms with Crippen LogP contribution in [0.25, 0.3) is 11.3 Å². The van der Waals surface area contributed by atoms with Gasteiger partial charge in [-0.1, -0.05) is 11.6 Å². The third-order valence-corrected chi connectivity index (χ3v) is 6.25.